The van der Waals surface area contributed by atoms with Crippen LogP contribution in [-0.2, 0) is 7.05 Å². The molecule has 3 aromatic heterocycles. The number of piperazine rings is 1. The van der Waals surface area contributed by atoms with Gasteiger partial charge in [-0.2, -0.15) is 9.90 Å². The molecule has 10 heteroatoms. The maximum atomic E-state index is 10.7. The minimum Gasteiger partial charge on any atom is -0.507 e. The van der Waals surface area contributed by atoms with E-state index in [-0.39, 0.29) is 5.75 Å². The summed E-state index contributed by atoms with van der Waals surface area (Å²) in [7, 11) is 1.76. The van der Waals surface area contributed by atoms with Crippen LogP contribution in [0.1, 0.15) is 20.3 Å². The van der Waals surface area contributed by atoms with E-state index < -0.39 is 0 Å². The Morgan fingerprint density at radius 3 is 2.69 bits per heavy atom. The Kier molecular flexibility index (Phi) is 5.14. The Balaban J connectivity index is 1.39. The molecule has 4 aromatic rings. The van der Waals surface area contributed by atoms with Crippen molar-refractivity contribution in [2.75, 3.05) is 18.0 Å². The van der Waals surface area contributed by atoms with Crippen LogP contribution in [0.15, 0.2) is 36.7 Å². The molecule has 5 rings (SSSR count). The van der Waals surface area contributed by atoms with Crippen LogP contribution in [0.3, 0.4) is 0 Å². The van der Waals surface area contributed by atoms with E-state index in [2.05, 4.69) is 54.4 Å². The Hall–Kier alpha value is -3.66. The van der Waals surface area contributed by atoms with Gasteiger partial charge in [-0.25, -0.2) is 9.97 Å². The third-order valence-electron chi connectivity index (χ3n) is 5.73. The van der Waals surface area contributed by atoms with Crippen LogP contribution in [0.5, 0.6) is 5.75 Å². The first kappa shape index (κ1) is 20.3. The summed E-state index contributed by atoms with van der Waals surface area (Å²) in [4.78, 5) is 12.5. The first-order valence-electron chi connectivity index (χ1n) is 10.7. The number of rotatable bonds is 4. The number of aromatic nitrogens is 7. The number of anilines is 1. The van der Waals surface area contributed by atoms with Crippen molar-refractivity contribution in [3.63, 3.8) is 0 Å². The van der Waals surface area contributed by atoms with E-state index in [4.69, 9.17) is 0 Å². The molecule has 0 amide bonds. The largest absolute Gasteiger partial charge is 0.507 e. The molecule has 1 fully saturated rings. The molecule has 0 unspecified atom stereocenters. The molecule has 1 aromatic carbocycles. The summed E-state index contributed by atoms with van der Waals surface area (Å²) in [6.45, 7) is 6.02. The zero-order valence-electron chi connectivity index (χ0n) is 18.3. The highest BCUT2D eigenvalue weighted by atomic mass is 16.3. The van der Waals surface area contributed by atoms with Crippen molar-refractivity contribution in [3.8, 4) is 28.1 Å². The van der Waals surface area contributed by atoms with Crippen molar-refractivity contribution in [2.24, 2.45) is 7.05 Å². The van der Waals surface area contributed by atoms with Gasteiger partial charge in [-0.15, -0.1) is 15.3 Å². The van der Waals surface area contributed by atoms with E-state index >= 15 is 0 Å². The molecule has 10 nitrogen and oxygen atoms in total. The van der Waals surface area contributed by atoms with Gasteiger partial charge in [0.15, 0.2) is 0 Å². The number of fused-ring (bicyclic) bond motifs is 1. The number of nitrogens with zero attached hydrogens (tertiary/aromatic N) is 8. The number of aromatic hydroxyl groups is 1. The van der Waals surface area contributed by atoms with Crippen LogP contribution in [0, 0.1) is 0 Å². The zero-order chi connectivity index (χ0) is 22.2. The van der Waals surface area contributed by atoms with Crippen molar-refractivity contribution in [1.29, 1.82) is 0 Å². The average Bonchev–Trinajstić information content (AvgIpc) is 3.18. The number of nitrogens with one attached hydrogen (secondary N) is 1. The quantitative estimate of drug-likeness (QED) is 0.501. The third kappa shape index (κ3) is 3.84. The van der Waals surface area contributed by atoms with Gasteiger partial charge in [0.2, 0.25) is 11.6 Å². The maximum Gasteiger partial charge on any atom is 0.245 e. The first-order chi connectivity index (χ1) is 15.5. The molecule has 0 radical (unpaired) electrons. The number of phenolic OH excluding ortho intramolecular Hbond substituents is 1. The lowest BCUT2D eigenvalue weighted by Crippen LogP contribution is -2.55. The number of hydrogen-bond acceptors (Lipinski definition) is 9. The number of aryl methyl sites for hydroxylation is 1. The number of benzene rings is 1. The molecule has 0 spiro atoms. The molecule has 4 heterocycles. The maximum absolute atomic E-state index is 10.7. The zero-order valence-corrected chi connectivity index (χ0v) is 18.3. The van der Waals surface area contributed by atoms with Crippen molar-refractivity contribution in [3.05, 3.63) is 36.7 Å². The normalized spacial score (nSPS) is 18.9. The fraction of sp³-hybridized carbons (Fsp3) is 0.364. The molecule has 2 atom stereocenters. The molecule has 1 aliphatic rings. The standard InChI is InChI=1S/C22H25N9O/c1-4-16-12-31(11-13(2)25-16)22-24-10-19(26-27-22)17-6-5-14(8-20(17)32)15-7-18-21(23-9-15)29-30(3)28-18/h5-10,13,16,25,32H,4,11-12H2,1-3H3/t13-,16+/m1/s1. The highest BCUT2D eigenvalue weighted by Gasteiger charge is 2.24. The van der Waals surface area contributed by atoms with Gasteiger partial charge in [-0.3, -0.25) is 0 Å². The second-order valence-corrected chi connectivity index (χ2v) is 8.21. The van der Waals surface area contributed by atoms with Crippen LogP contribution in [0.4, 0.5) is 5.95 Å². The van der Waals surface area contributed by atoms with Gasteiger partial charge in [0.1, 0.15) is 17.0 Å². The Bertz CT molecular complexity index is 1250. The van der Waals surface area contributed by atoms with E-state index in [9.17, 15) is 5.11 Å². The summed E-state index contributed by atoms with van der Waals surface area (Å²) >= 11 is 0. The Morgan fingerprint density at radius 2 is 1.94 bits per heavy atom. The lowest BCUT2D eigenvalue weighted by Gasteiger charge is -2.37. The lowest BCUT2D eigenvalue weighted by atomic mass is 10.0. The van der Waals surface area contributed by atoms with E-state index in [1.165, 1.54) is 4.80 Å². The summed E-state index contributed by atoms with van der Waals surface area (Å²) in [6.07, 6.45) is 4.43. The van der Waals surface area contributed by atoms with Crippen LogP contribution < -0.4 is 10.2 Å². The van der Waals surface area contributed by atoms with Gasteiger partial charge < -0.3 is 15.3 Å². The highest BCUT2D eigenvalue weighted by Crippen LogP contribution is 2.32. The summed E-state index contributed by atoms with van der Waals surface area (Å²) in [5.74, 6) is 0.715. The molecule has 2 N–H and O–H groups in total. The molecule has 1 aliphatic heterocycles. The molecule has 0 saturated carbocycles. The second-order valence-electron chi connectivity index (χ2n) is 8.21. The minimum atomic E-state index is 0.104. The lowest BCUT2D eigenvalue weighted by molar-refractivity contribution is 0.376. The van der Waals surface area contributed by atoms with Gasteiger partial charge in [-0.1, -0.05) is 13.0 Å². The minimum absolute atomic E-state index is 0.104. The van der Waals surface area contributed by atoms with Crippen LogP contribution in [0.2, 0.25) is 0 Å². The highest BCUT2D eigenvalue weighted by molar-refractivity contribution is 5.79. The van der Waals surface area contributed by atoms with Crippen LogP contribution in [-0.4, -0.2) is 65.4 Å². The predicted molar refractivity (Wildman–Crippen MR) is 121 cm³/mol. The number of hydrogen-bond donors (Lipinski definition) is 2. The van der Waals surface area contributed by atoms with Crippen molar-refractivity contribution < 1.29 is 5.11 Å². The first-order valence-corrected chi connectivity index (χ1v) is 10.7. The van der Waals surface area contributed by atoms with Crippen molar-refractivity contribution in [2.45, 2.75) is 32.4 Å². The van der Waals surface area contributed by atoms with Gasteiger partial charge >= 0.3 is 0 Å². The molecule has 32 heavy (non-hydrogen) atoms. The summed E-state index contributed by atoms with van der Waals surface area (Å²) in [6, 6.07) is 8.09. The third-order valence-corrected chi connectivity index (χ3v) is 5.73. The van der Waals surface area contributed by atoms with Gasteiger partial charge in [0.25, 0.3) is 0 Å². The Labute approximate surface area is 185 Å². The number of phenols is 1. The molecule has 0 bridgehead atoms. The van der Waals surface area contributed by atoms with Crippen molar-refractivity contribution in [1.82, 2.24) is 40.5 Å². The molecular formula is C22H25N9O. The van der Waals surface area contributed by atoms with E-state index in [0.29, 0.717) is 40.5 Å². The van der Waals surface area contributed by atoms with Gasteiger partial charge in [0, 0.05) is 49.5 Å². The average molecular weight is 432 g/mol. The summed E-state index contributed by atoms with van der Waals surface area (Å²) in [5.41, 5.74) is 4.06. The molecule has 164 valence electrons. The number of pyridine rings is 1. The van der Waals surface area contributed by atoms with E-state index in [1.54, 1.807) is 25.5 Å². The molecule has 1 saturated heterocycles. The Morgan fingerprint density at radius 1 is 1.06 bits per heavy atom. The summed E-state index contributed by atoms with van der Waals surface area (Å²) < 4.78 is 0. The molecular weight excluding hydrogens is 406 g/mol. The summed E-state index contributed by atoms with van der Waals surface area (Å²) in [5, 5.41) is 31.4. The van der Waals surface area contributed by atoms with Gasteiger partial charge in [-0.05, 0) is 37.1 Å². The predicted octanol–water partition coefficient (Wildman–Crippen LogP) is 2.16. The van der Waals surface area contributed by atoms with Gasteiger partial charge in [0.05, 0.1) is 6.20 Å². The fourth-order valence-electron chi connectivity index (χ4n) is 4.12. The second kappa shape index (κ2) is 8.12. The molecule has 0 aliphatic carbocycles. The van der Waals surface area contributed by atoms with E-state index in [1.807, 2.05) is 18.2 Å². The van der Waals surface area contributed by atoms with E-state index in [0.717, 1.165) is 30.6 Å². The topological polar surface area (TPSA) is 118 Å². The smallest absolute Gasteiger partial charge is 0.245 e. The fourth-order valence-corrected chi connectivity index (χ4v) is 4.12. The van der Waals surface area contributed by atoms with Crippen LogP contribution >= 0.6 is 0 Å². The van der Waals surface area contributed by atoms with Crippen molar-refractivity contribution >= 4 is 17.1 Å². The van der Waals surface area contributed by atoms with Crippen LogP contribution in [0.25, 0.3) is 33.5 Å². The SMILES string of the molecule is CC[C@H]1CN(c2ncc(-c3ccc(-c4cnc5nn(C)nc5c4)cc3O)nn2)C[C@@H](C)N1. The monoisotopic (exact) mass is 431 g/mol.